The van der Waals surface area contributed by atoms with Crippen molar-refractivity contribution in [2.24, 2.45) is 0 Å². The Hall–Kier alpha value is -1.82. The molecule has 180 valence electrons. The third-order valence-corrected chi connectivity index (χ3v) is 9.15. The first-order valence-electron chi connectivity index (χ1n) is 11.1. The predicted octanol–water partition coefficient (Wildman–Crippen LogP) is 1.59. The number of rotatable bonds is 10. The smallest absolute Gasteiger partial charge is 0.315 e. The van der Waals surface area contributed by atoms with Gasteiger partial charge in [-0.2, -0.15) is 23.5 Å². The Morgan fingerprint density at radius 3 is 1.50 bits per heavy atom. The maximum absolute atomic E-state index is 11.1. The fraction of sp³-hybridized carbons (Fsp3) is 0.800. The number of aliphatic carboxylic acids is 2. The molecule has 4 heterocycles. The molecule has 4 fully saturated rings. The number of thioether (sulfide) groups is 2. The van der Waals surface area contributed by atoms with Gasteiger partial charge in [-0.1, -0.05) is 12.8 Å². The first-order valence-corrected chi connectivity index (χ1v) is 13.2. The first kappa shape index (κ1) is 24.8. The summed E-state index contributed by atoms with van der Waals surface area (Å²) in [5.41, 5.74) is 0. The highest BCUT2D eigenvalue weighted by molar-refractivity contribution is 8.00. The minimum absolute atomic E-state index is 0.0640. The molecule has 6 N–H and O–H groups in total. The molecule has 0 bridgehead atoms. The summed E-state index contributed by atoms with van der Waals surface area (Å²) < 4.78 is 0. The molecule has 10 nitrogen and oxygen atoms in total. The summed E-state index contributed by atoms with van der Waals surface area (Å²) in [6, 6.07) is 0.880. The van der Waals surface area contributed by atoms with Crippen molar-refractivity contribution in [3.8, 4) is 0 Å². The fourth-order valence-corrected chi connectivity index (χ4v) is 7.62. The van der Waals surface area contributed by atoms with Crippen molar-refractivity contribution in [1.29, 1.82) is 0 Å². The van der Waals surface area contributed by atoms with Gasteiger partial charge in [-0.05, 0) is 25.7 Å². The van der Waals surface area contributed by atoms with Gasteiger partial charge in [0, 0.05) is 34.8 Å². The number of nitrogens with one attached hydrogen (secondary N) is 4. The molecule has 0 aromatic rings. The lowest BCUT2D eigenvalue weighted by molar-refractivity contribution is -0.138. The molecule has 4 amide bonds. The van der Waals surface area contributed by atoms with E-state index in [4.69, 9.17) is 10.2 Å². The lowest BCUT2D eigenvalue weighted by atomic mass is 10.0. The molecule has 32 heavy (non-hydrogen) atoms. The molecule has 4 saturated heterocycles. The van der Waals surface area contributed by atoms with E-state index < -0.39 is 11.9 Å². The summed E-state index contributed by atoms with van der Waals surface area (Å²) >= 11 is 3.74. The molecule has 4 aliphatic heterocycles. The standard InChI is InChI=1S/2C10H16N2O3S/c2*13-8(14)4-2-1-3-7-9-6(5-16-7)11-10(15)12-9/h2*6-7,9H,1-5H2,(H,13,14)(H2,11,12,15)/t6-,7-,9-;/m0./s1. The molecule has 0 aromatic heterocycles. The van der Waals surface area contributed by atoms with Crippen LogP contribution in [0.15, 0.2) is 0 Å². The molecule has 0 saturated carbocycles. The van der Waals surface area contributed by atoms with Crippen LogP contribution in [0.4, 0.5) is 9.59 Å². The zero-order chi connectivity index (χ0) is 23.1. The summed E-state index contributed by atoms with van der Waals surface area (Å²) in [5, 5.41) is 29.6. The average molecular weight is 489 g/mol. The number of fused-ring (bicyclic) bond motifs is 2. The summed E-state index contributed by atoms with van der Waals surface area (Å²) in [5.74, 6) is 0.473. The van der Waals surface area contributed by atoms with Crippen molar-refractivity contribution in [3.05, 3.63) is 0 Å². The lowest BCUT2D eigenvalue weighted by Gasteiger charge is -2.16. The van der Waals surface area contributed by atoms with Crippen LogP contribution in [0.1, 0.15) is 51.4 Å². The molecule has 4 rings (SSSR count). The normalized spacial score (nSPS) is 32.0. The number of carbonyl (C=O) groups is 4. The van der Waals surface area contributed by atoms with E-state index in [1.54, 1.807) is 0 Å². The maximum Gasteiger partial charge on any atom is 0.315 e. The SMILES string of the molecule is O=C(O)CCCCC1SCC2NC(=O)NC21.O=C(O)CCCC[C@@H]1SC[C@@H]2NC(=O)N[C@@H]21. The van der Waals surface area contributed by atoms with Crippen LogP contribution in [0.5, 0.6) is 0 Å². The quantitative estimate of drug-likeness (QED) is 0.200. The number of carbonyl (C=O) groups excluding carboxylic acids is 2. The van der Waals surface area contributed by atoms with E-state index in [1.807, 2.05) is 23.5 Å². The van der Waals surface area contributed by atoms with E-state index in [2.05, 4.69) is 21.3 Å². The van der Waals surface area contributed by atoms with Crippen LogP contribution >= 0.6 is 23.5 Å². The molecule has 0 aromatic carbocycles. The van der Waals surface area contributed by atoms with Crippen LogP contribution in [0.3, 0.4) is 0 Å². The highest BCUT2D eigenvalue weighted by Gasteiger charge is 2.43. The minimum Gasteiger partial charge on any atom is -0.481 e. The topological polar surface area (TPSA) is 157 Å². The third kappa shape index (κ3) is 7.09. The molecule has 4 aliphatic rings. The van der Waals surface area contributed by atoms with Crippen LogP contribution in [0.25, 0.3) is 0 Å². The zero-order valence-electron chi connectivity index (χ0n) is 17.9. The Bertz CT molecular complexity index is 654. The van der Waals surface area contributed by atoms with Crippen molar-refractivity contribution < 1.29 is 29.4 Å². The number of carboxylic acids is 2. The van der Waals surface area contributed by atoms with E-state index in [9.17, 15) is 19.2 Å². The summed E-state index contributed by atoms with van der Waals surface area (Å²) in [7, 11) is 0. The largest absolute Gasteiger partial charge is 0.481 e. The number of hydrogen-bond acceptors (Lipinski definition) is 6. The van der Waals surface area contributed by atoms with E-state index >= 15 is 0 Å². The van der Waals surface area contributed by atoms with E-state index in [0.717, 1.165) is 50.0 Å². The Morgan fingerprint density at radius 1 is 0.719 bits per heavy atom. The molecule has 6 atom stereocenters. The highest BCUT2D eigenvalue weighted by atomic mass is 32.2. The predicted molar refractivity (Wildman–Crippen MR) is 123 cm³/mol. The number of unbranched alkanes of at least 4 members (excludes halogenated alkanes) is 2. The van der Waals surface area contributed by atoms with Gasteiger partial charge in [0.15, 0.2) is 0 Å². The molecular formula is C20H32N4O6S2. The Balaban J connectivity index is 0.000000181. The molecular weight excluding hydrogens is 456 g/mol. The fourth-order valence-electron chi connectivity index (χ4n) is 4.53. The van der Waals surface area contributed by atoms with Crippen LogP contribution in [-0.2, 0) is 9.59 Å². The van der Waals surface area contributed by atoms with Gasteiger partial charge in [0.25, 0.3) is 0 Å². The monoisotopic (exact) mass is 488 g/mol. The van der Waals surface area contributed by atoms with E-state index in [1.165, 1.54) is 0 Å². The van der Waals surface area contributed by atoms with Crippen molar-refractivity contribution in [2.75, 3.05) is 11.5 Å². The minimum atomic E-state index is -0.729. The second-order valence-electron chi connectivity index (χ2n) is 8.52. The summed E-state index contributed by atoms with van der Waals surface area (Å²) in [6.45, 7) is 0. The zero-order valence-corrected chi connectivity index (χ0v) is 19.5. The van der Waals surface area contributed by atoms with Gasteiger partial charge in [-0.25, -0.2) is 9.59 Å². The van der Waals surface area contributed by atoms with Crippen LogP contribution in [0.2, 0.25) is 0 Å². The Labute approximate surface area is 195 Å². The van der Waals surface area contributed by atoms with Crippen molar-refractivity contribution in [2.45, 2.75) is 86.0 Å². The van der Waals surface area contributed by atoms with Gasteiger partial charge < -0.3 is 31.5 Å². The van der Waals surface area contributed by atoms with E-state index in [-0.39, 0.29) is 49.1 Å². The second-order valence-corrected chi connectivity index (χ2v) is 11.1. The van der Waals surface area contributed by atoms with Crippen LogP contribution in [0, 0.1) is 0 Å². The molecule has 12 heteroatoms. The van der Waals surface area contributed by atoms with E-state index in [0.29, 0.717) is 10.5 Å². The van der Waals surface area contributed by atoms with Crippen LogP contribution < -0.4 is 21.3 Å². The second kappa shape index (κ2) is 11.9. The number of carboxylic acid groups (broad SMARTS) is 2. The first-order chi connectivity index (χ1) is 15.3. The maximum atomic E-state index is 11.1. The average Bonchev–Trinajstić information content (AvgIpc) is 3.45. The summed E-state index contributed by atoms with van der Waals surface area (Å²) in [4.78, 5) is 42.9. The number of urea groups is 2. The van der Waals surface area contributed by atoms with Gasteiger partial charge in [-0.15, -0.1) is 0 Å². The van der Waals surface area contributed by atoms with Crippen molar-refractivity contribution in [1.82, 2.24) is 21.3 Å². The molecule has 0 spiro atoms. The van der Waals surface area contributed by atoms with Gasteiger partial charge in [0.05, 0.1) is 24.2 Å². The third-order valence-electron chi connectivity index (χ3n) is 6.13. The van der Waals surface area contributed by atoms with Gasteiger partial charge in [0.1, 0.15) is 0 Å². The van der Waals surface area contributed by atoms with Gasteiger partial charge >= 0.3 is 24.0 Å². The molecule has 3 unspecified atom stereocenters. The van der Waals surface area contributed by atoms with Crippen molar-refractivity contribution in [3.63, 3.8) is 0 Å². The number of hydrogen-bond donors (Lipinski definition) is 6. The molecule has 0 radical (unpaired) electrons. The van der Waals surface area contributed by atoms with Gasteiger partial charge in [-0.3, -0.25) is 9.59 Å². The van der Waals surface area contributed by atoms with Crippen LogP contribution in [-0.4, -0.2) is 80.4 Å². The summed E-state index contributed by atoms with van der Waals surface area (Å²) in [6.07, 6.45) is 5.76. The Morgan fingerprint density at radius 2 is 1.12 bits per heavy atom. The highest BCUT2D eigenvalue weighted by Crippen LogP contribution is 2.34. The number of amides is 4. The molecule has 0 aliphatic carbocycles. The van der Waals surface area contributed by atoms with Crippen molar-refractivity contribution >= 4 is 47.5 Å². The van der Waals surface area contributed by atoms with Gasteiger partial charge in [0.2, 0.25) is 0 Å². The Kier molecular flexibility index (Phi) is 9.21. The lowest BCUT2D eigenvalue weighted by Crippen LogP contribution is -2.36.